The molecule has 0 saturated heterocycles. The predicted octanol–water partition coefficient (Wildman–Crippen LogP) is 6.50. The van der Waals surface area contributed by atoms with Crippen molar-refractivity contribution in [3.8, 4) is 5.75 Å². The van der Waals surface area contributed by atoms with E-state index < -0.39 is 0 Å². The highest BCUT2D eigenvalue weighted by Crippen LogP contribution is 2.34. The molecule has 0 N–H and O–H groups in total. The first-order chi connectivity index (χ1) is 15.5. The summed E-state index contributed by atoms with van der Waals surface area (Å²) in [7, 11) is 0. The first kappa shape index (κ1) is 20.3. The van der Waals surface area contributed by atoms with E-state index in [9.17, 15) is 4.79 Å². The Balaban J connectivity index is 1.58. The fourth-order valence-electron chi connectivity index (χ4n) is 3.61. The first-order valence-electron chi connectivity index (χ1n) is 10.4. The molecule has 0 unspecified atom stereocenters. The number of ether oxygens (including phenoxy) is 1. The molecule has 0 radical (unpaired) electrons. The van der Waals surface area contributed by atoms with Gasteiger partial charge >= 0.3 is 0 Å². The number of thiazole rings is 1. The first-order valence-corrected chi connectivity index (χ1v) is 11.2. The number of hydrogen-bond acceptors (Lipinski definition) is 6. The molecule has 0 aliphatic heterocycles. The third kappa shape index (κ3) is 3.65. The Morgan fingerprint density at radius 2 is 1.97 bits per heavy atom. The van der Waals surface area contributed by atoms with E-state index in [0.717, 1.165) is 15.6 Å². The van der Waals surface area contributed by atoms with Gasteiger partial charge in [-0.15, -0.1) is 0 Å². The highest BCUT2D eigenvalue weighted by atomic mass is 32.1. The van der Waals surface area contributed by atoms with Gasteiger partial charge in [-0.1, -0.05) is 23.5 Å². The molecule has 6 nitrogen and oxygen atoms in total. The molecule has 5 aromatic rings. The van der Waals surface area contributed by atoms with E-state index in [1.165, 1.54) is 22.5 Å². The van der Waals surface area contributed by atoms with Gasteiger partial charge in [0.05, 0.1) is 29.6 Å². The SMILES string of the molecule is CCOc1cccc2cc(C(=O)N(Cc3ccco3)c3nc4cc(C)c(C)cc4s3)oc12. The Hall–Kier alpha value is -3.58. The number of nitrogens with zero attached hydrogens (tertiary/aromatic N) is 2. The van der Waals surface area contributed by atoms with Gasteiger partial charge in [0.25, 0.3) is 5.91 Å². The van der Waals surface area contributed by atoms with Crippen molar-refractivity contribution in [1.29, 1.82) is 0 Å². The lowest BCUT2D eigenvalue weighted by molar-refractivity contribution is 0.0958. The third-order valence-electron chi connectivity index (χ3n) is 5.38. The van der Waals surface area contributed by atoms with E-state index in [0.29, 0.717) is 28.8 Å². The summed E-state index contributed by atoms with van der Waals surface area (Å²) in [6.45, 7) is 6.81. The molecule has 0 bridgehead atoms. The summed E-state index contributed by atoms with van der Waals surface area (Å²) >= 11 is 1.48. The van der Waals surface area contributed by atoms with E-state index >= 15 is 0 Å². The van der Waals surface area contributed by atoms with E-state index in [4.69, 9.17) is 18.6 Å². The molecular formula is C25H22N2O4S. The van der Waals surface area contributed by atoms with Gasteiger partial charge in [-0.05, 0) is 68.3 Å². The normalized spacial score (nSPS) is 11.3. The molecule has 0 fully saturated rings. The third-order valence-corrected chi connectivity index (χ3v) is 6.42. The molecule has 0 atom stereocenters. The number of amides is 1. The van der Waals surface area contributed by atoms with Crippen LogP contribution in [0.2, 0.25) is 0 Å². The summed E-state index contributed by atoms with van der Waals surface area (Å²) in [5, 5.41) is 1.41. The van der Waals surface area contributed by atoms with Gasteiger partial charge in [0.1, 0.15) is 5.76 Å². The summed E-state index contributed by atoms with van der Waals surface area (Å²) < 4.78 is 18.2. The summed E-state index contributed by atoms with van der Waals surface area (Å²) in [6.07, 6.45) is 1.60. The zero-order valence-corrected chi connectivity index (χ0v) is 18.9. The average molecular weight is 447 g/mol. The van der Waals surface area contributed by atoms with Crippen LogP contribution in [0.3, 0.4) is 0 Å². The van der Waals surface area contributed by atoms with Crippen LogP contribution in [0, 0.1) is 13.8 Å². The molecule has 32 heavy (non-hydrogen) atoms. The molecule has 3 heterocycles. The Kier molecular flexibility index (Phi) is 5.19. The number of aromatic nitrogens is 1. The van der Waals surface area contributed by atoms with E-state index in [2.05, 4.69) is 26.0 Å². The van der Waals surface area contributed by atoms with Crippen molar-refractivity contribution in [2.24, 2.45) is 0 Å². The Bertz CT molecular complexity index is 1380. The fraction of sp³-hybridized carbons (Fsp3) is 0.200. The molecule has 162 valence electrons. The van der Waals surface area contributed by atoms with Gasteiger partial charge in [-0.3, -0.25) is 9.69 Å². The van der Waals surface area contributed by atoms with Crippen LogP contribution in [0.15, 0.2) is 63.6 Å². The number of hydrogen-bond donors (Lipinski definition) is 0. The summed E-state index contributed by atoms with van der Waals surface area (Å²) in [5.74, 6) is 1.22. The van der Waals surface area contributed by atoms with Crippen molar-refractivity contribution >= 4 is 43.6 Å². The maximum absolute atomic E-state index is 13.6. The highest BCUT2D eigenvalue weighted by molar-refractivity contribution is 7.22. The van der Waals surface area contributed by atoms with Crippen LogP contribution in [0.1, 0.15) is 34.4 Å². The van der Waals surface area contributed by atoms with Gasteiger partial charge in [-0.2, -0.15) is 0 Å². The van der Waals surface area contributed by atoms with Gasteiger partial charge in [0.2, 0.25) is 0 Å². The molecule has 5 rings (SSSR count). The second-order valence-electron chi connectivity index (χ2n) is 7.59. The number of furan rings is 2. The maximum atomic E-state index is 13.6. The molecule has 0 saturated carbocycles. The van der Waals surface area contributed by atoms with Crippen molar-refractivity contribution in [2.75, 3.05) is 11.5 Å². The molecular weight excluding hydrogens is 424 g/mol. The minimum absolute atomic E-state index is 0.227. The van der Waals surface area contributed by atoms with Crippen molar-refractivity contribution < 1.29 is 18.4 Å². The average Bonchev–Trinajstić information content (AvgIpc) is 3.52. The monoisotopic (exact) mass is 446 g/mol. The van der Waals surface area contributed by atoms with Crippen LogP contribution in [0.25, 0.3) is 21.2 Å². The zero-order valence-electron chi connectivity index (χ0n) is 18.0. The number of aryl methyl sites for hydroxylation is 2. The lowest BCUT2D eigenvalue weighted by Crippen LogP contribution is -2.29. The smallest absolute Gasteiger partial charge is 0.296 e. The topological polar surface area (TPSA) is 68.7 Å². The molecule has 7 heteroatoms. The van der Waals surface area contributed by atoms with E-state index in [-0.39, 0.29) is 18.2 Å². The minimum Gasteiger partial charge on any atom is -0.490 e. The number of rotatable bonds is 6. The van der Waals surface area contributed by atoms with Gasteiger partial charge in [0.15, 0.2) is 22.2 Å². The second-order valence-corrected chi connectivity index (χ2v) is 8.60. The summed E-state index contributed by atoms with van der Waals surface area (Å²) in [6, 6.07) is 15.2. The summed E-state index contributed by atoms with van der Waals surface area (Å²) in [4.78, 5) is 20.0. The van der Waals surface area contributed by atoms with Crippen LogP contribution >= 0.6 is 11.3 Å². The van der Waals surface area contributed by atoms with E-state index in [1.54, 1.807) is 23.3 Å². The fourth-order valence-corrected chi connectivity index (χ4v) is 4.66. The largest absolute Gasteiger partial charge is 0.490 e. The summed E-state index contributed by atoms with van der Waals surface area (Å²) in [5.41, 5.74) is 3.79. The molecule has 2 aromatic carbocycles. The predicted molar refractivity (Wildman–Crippen MR) is 126 cm³/mol. The van der Waals surface area contributed by atoms with Gasteiger partial charge < -0.3 is 13.6 Å². The number of carbonyl (C=O) groups is 1. The van der Waals surface area contributed by atoms with Crippen molar-refractivity contribution in [3.05, 3.63) is 77.4 Å². The quantitative estimate of drug-likeness (QED) is 0.298. The lowest BCUT2D eigenvalue weighted by Gasteiger charge is -2.17. The second kappa shape index (κ2) is 8.16. The molecule has 0 aliphatic rings. The van der Waals surface area contributed by atoms with Crippen LogP contribution in [0.4, 0.5) is 5.13 Å². The lowest BCUT2D eigenvalue weighted by atomic mass is 10.1. The number of carbonyl (C=O) groups excluding carboxylic acids is 1. The van der Waals surface area contributed by atoms with Crippen molar-refractivity contribution in [1.82, 2.24) is 4.98 Å². The Morgan fingerprint density at radius 3 is 2.75 bits per heavy atom. The molecule has 3 aromatic heterocycles. The van der Waals surface area contributed by atoms with Crippen LogP contribution in [-0.4, -0.2) is 17.5 Å². The maximum Gasteiger partial charge on any atom is 0.296 e. The van der Waals surface area contributed by atoms with Gasteiger partial charge in [0, 0.05) is 5.39 Å². The highest BCUT2D eigenvalue weighted by Gasteiger charge is 2.26. The molecule has 1 amide bonds. The zero-order chi connectivity index (χ0) is 22.2. The van der Waals surface area contributed by atoms with Crippen LogP contribution in [0.5, 0.6) is 5.75 Å². The van der Waals surface area contributed by atoms with Gasteiger partial charge in [-0.25, -0.2) is 4.98 Å². The van der Waals surface area contributed by atoms with Crippen molar-refractivity contribution in [3.63, 3.8) is 0 Å². The van der Waals surface area contributed by atoms with E-state index in [1.807, 2.05) is 31.2 Å². The number of para-hydroxylation sites is 1. The Morgan fingerprint density at radius 1 is 1.12 bits per heavy atom. The van der Waals surface area contributed by atoms with Crippen LogP contribution < -0.4 is 9.64 Å². The standard InChI is InChI=1S/C25H22N2O4S/c1-4-29-20-9-5-7-17-13-21(31-23(17)20)24(28)27(14-18-8-6-10-30-18)25-26-19-11-15(2)16(3)12-22(19)32-25/h5-13H,4,14H2,1-3H3. The minimum atomic E-state index is -0.285. The Labute approximate surface area is 189 Å². The van der Waals surface area contributed by atoms with Crippen molar-refractivity contribution in [2.45, 2.75) is 27.3 Å². The molecule has 0 aliphatic carbocycles. The van der Waals surface area contributed by atoms with Crippen LogP contribution in [-0.2, 0) is 6.54 Å². The number of anilines is 1. The molecule has 0 spiro atoms. The number of benzene rings is 2. The number of fused-ring (bicyclic) bond motifs is 2.